The Morgan fingerprint density at radius 2 is 2.26 bits per heavy atom. The van der Waals surface area contributed by atoms with Crippen molar-refractivity contribution < 1.29 is 4.74 Å². The molecule has 2 aromatic heterocycles. The van der Waals surface area contributed by atoms with E-state index in [0.717, 1.165) is 35.2 Å². The van der Waals surface area contributed by atoms with Crippen molar-refractivity contribution in [2.45, 2.75) is 26.8 Å². The van der Waals surface area contributed by atoms with E-state index in [1.54, 1.807) is 6.20 Å². The van der Waals surface area contributed by atoms with E-state index in [4.69, 9.17) is 4.74 Å². The topological polar surface area (TPSA) is 62.8 Å². The molecular weight excluding hydrogens is 308 g/mol. The highest BCUT2D eigenvalue weighted by molar-refractivity contribution is 9.10. The first-order valence-electron chi connectivity index (χ1n) is 6.24. The minimum atomic E-state index is 0.532. The van der Waals surface area contributed by atoms with Crippen LogP contribution in [0.15, 0.2) is 22.8 Å². The number of aromatic amines is 1. The molecule has 0 saturated carbocycles. The van der Waals surface area contributed by atoms with Gasteiger partial charge in [0.15, 0.2) is 0 Å². The molecule has 6 heteroatoms. The first kappa shape index (κ1) is 14.0. The molecule has 5 nitrogen and oxygen atoms in total. The summed E-state index contributed by atoms with van der Waals surface area (Å²) in [5, 5.41) is 10.2. The molecule has 0 aliphatic rings. The van der Waals surface area contributed by atoms with Crippen LogP contribution in [0.4, 0.5) is 0 Å². The Hall–Kier alpha value is -1.40. The van der Waals surface area contributed by atoms with Gasteiger partial charge in [0.25, 0.3) is 0 Å². The molecular formula is C13H17BrN4O. The van der Waals surface area contributed by atoms with Crippen molar-refractivity contribution in [3.63, 3.8) is 0 Å². The van der Waals surface area contributed by atoms with Gasteiger partial charge in [-0.2, -0.15) is 0 Å². The van der Waals surface area contributed by atoms with Gasteiger partial charge in [-0.05, 0) is 41.9 Å². The number of nitrogens with zero attached hydrogens (tertiary/aromatic N) is 2. The number of hydrogen-bond donors (Lipinski definition) is 2. The molecule has 0 fully saturated rings. The van der Waals surface area contributed by atoms with Crippen LogP contribution in [0, 0.1) is 6.92 Å². The van der Waals surface area contributed by atoms with Crippen LogP contribution in [0.1, 0.15) is 24.6 Å². The van der Waals surface area contributed by atoms with Gasteiger partial charge in [0.2, 0.25) is 11.8 Å². The molecule has 0 aromatic carbocycles. The van der Waals surface area contributed by atoms with Crippen molar-refractivity contribution in [2.75, 3.05) is 6.54 Å². The van der Waals surface area contributed by atoms with E-state index >= 15 is 0 Å². The molecule has 0 radical (unpaired) electrons. The fourth-order valence-electron chi connectivity index (χ4n) is 1.63. The van der Waals surface area contributed by atoms with Gasteiger partial charge < -0.3 is 10.1 Å². The monoisotopic (exact) mass is 324 g/mol. The summed E-state index contributed by atoms with van der Waals surface area (Å²) in [6.07, 6.45) is 2.81. The molecule has 19 heavy (non-hydrogen) atoms. The summed E-state index contributed by atoms with van der Waals surface area (Å²) in [6.45, 7) is 5.75. The first-order chi connectivity index (χ1) is 9.19. The van der Waals surface area contributed by atoms with Crippen molar-refractivity contribution in [1.29, 1.82) is 0 Å². The van der Waals surface area contributed by atoms with E-state index in [1.807, 2.05) is 19.1 Å². The number of aromatic nitrogens is 3. The Morgan fingerprint density at radius 3 is 2.95 bits per heavy atom. The van der Waals surface area contributed by atoms with Crippen molar-refractivity contribution in [3.8, 4) is 11.8 Å². The quantitative estimate of drug-likeness (QED) is 0.801. The molecule has 0 aliphatic heterocycles. The minimum Gasteiger partial charge on any atom is -0.419 e. The number of hydrogen-bond acceptors (Lipinski definition) is 4. The van der Waals surface area contributed by atoms with Gasteiger partial charge in [0, 0.05) is 34.5 Å². The lowest BCUT2D eigenvalue weighted by Gasteiger charge is -2.09. The van der Waals surface area contributed by atoms with Gasteiger partial charge in [-0.25, -0.2) is 4.98 Å². The lowest BCUT2D eigenvalue weighted by molar-refractivity contribution is 0.434. The second kappa shape index (κ2) is 6.68. The molecule has 0 spiro atoms. The second-order valence-electron chi connectivity index (χ2n) is 4.29. The summed E-state index contributed by atoms with van der Waals surface area (Å²) in [5.41, 5.74) is 1.96. The predicted octanol–water partition coefficient (Wildman–Crippen LogP) is 3.17. The molecule has 2 N–H and O–H groups in total. The Morgan fingerprint density at radius 1 is 1.42 bits per heavy atom. The zero-order chi connectivity index (χ0) is 13.7. The van der Waals surface area contributed by atoms with Crippen LogP contribution in [-0.2, 0) is 6.54 Å². The van der Waals surface area contributed by atoms with E-state index in [-0.39, 0.29) is 0 Å². The molecule has 0 unspecified atom stereocenters. The summed E-state index contributed by atoms with van der Waals surface area (Å²) in [4.78, 5) is 4.30. The zero-order valence-electron chi connectivity index (χ0n) is 11.0. The number of H-pyrrole nitrogens is 1. The molecule has 0 saturated heterocycles. The largest absolute Gasteiger partial charge is 0.419 e. The fraction of sp³-hybridized carbons (Fsp3) is 0.385. The van der Waals surface area contributed by atoms with Crippen LogP contribution in [0.25, 0.3) is 0 Å². The van der Waals surface area contributed by atoms with Crippen molar-refractivity contribution in [3.05, 3.63) is 34.1 Å². The van der Waals surface area contributed by atoms with Crippen LogP contribution in [0.3, 0.4) is 0 Å². The Labute approximate surface area is 120 Å². The van der Waals surface area contributed by atoms with Crippen LogP contribution in [-0.4, -0.2) is 21.7 Å². The van der Waals surface area contributed by atoms with E-state index in [1.165, 1.54) is 0 Å². The fourth-order valence-corrected chi connectivity index (χ4v) is 2.01. The third kappa shape index (κ3) is 4.04. The maximum Gasteiger partial charge on any atom is 0.240 e. The summed E-state index contributed by atoms with van der Waals surface area (Å²) in [5.74, 6) is 1.11. The highest BCUT2D eigenvalue weighted by Crippen LogP contribution is 2.24. The Kier molecular flexibility index (Phi) is 4.93. The van der Waals surface area contributed by atoms with E-state index in [0.29, 0.717) is 11.8 Å². The number of rotatable bonds is 6. The molecule has 0 atom stereocenters. The third-order valence-electron chi connectivity index (χ3n) is 2.52. The molecule has 2 aromatic rings. The summed E-state index contributed by atoms with van der Waals surface area (Å²) in [7, 11) is 0. The van der Waals surface area contributed by atoms with Crippen LogP contribution in [0.2, 0.25) is 0 Å². The average Bonchev–Trinajstić information content (AvgIpc) is 2.78. The highest BCUT2D eigenvalue weighted by Gasteiger charge is 2.09. The third-order valence-corrected chi connectivity index (χ3v) is 2.95. The van der Waals surface area contributed by atoms with Crippen molar-refractivity contribution in [2.24, 2.45) is 0 Å². The van der Waals surface area contributed by atoms with Gasteiger partial charge in [0.05, 0.1) is 0 Å². The van der Waals surface area contributed by atoms with Gasteiger partial charge in [-0.3, -0.25) is 5.10 Å². The van der Waals surface area contributed by atoms with E-state index < -0.39 is 0 Å². The predicted molar refractivity (Wildman–Crippen MR) is 77.3 cm³/mol. The lowest BCUT2D eigenvalue weighted by Crippen LogP contribution is -2.14. The lowest BCUT2D eigenvalue weighted by atomic mass is 10.2. The van der Waals surface area contributed by atoms with Crippen molar-refractivity contribution >= 4 is 15.9 Å². The summed E-state index contributed by atoms with van der Waals surface area (Å²) >= 11 is 3.43. The van der Waals surface area contributed by atoms with E-state index in [9.17, 15) is 0 Å². The van der Waals surface area contributed by atoms with E-state index in [2.05, 4.69) is 43.4 Å². The summed E-state index contributed by atoms with van der Waals surface area (Å²) in [6, 6.07) is 3.84. The molecule has 0 bridgehead atoms. The standard InChI is InChI=1S/C13H17BrN4O/c1-3-4-15-7-10-6-11(14)8-16-13(10)19-12-5-9(2)17-18-12/h5-6,8,15H,3-4,7H2,1-2H3,(H,17,18). The molecule has 0 amide bonds. The first-order valence-corrected chi connectivity index (χ1v) is 7.03. The number of halogens is 1. The minimum absolute atomic E-state index is 0.532. The average molecular weight is 325 g/mol. The second-order valence-corrected chi connectivity index (χ2v) is 5.20. The number of pyridine rings is 1. The molecule has 0 aliphatic carbocycles. The SMILES string of the molecule is CCCNCc1cc(Br)cnc1Oc1cc(C)[nH]n1. The van der Waals surface area contributed by atoms with Crippen LogP contribution < -0.4 is 10.1 Å². The number of aryl methyl sites for hydroxylation is 1. The molecule has 2 rings (SSSR count). The Balaban J connectivity index is 2.14. The Bertz CT molecular complexity index is 541. The van der Waals surface area contributed by atoms with Crippen LogP contribution in [0.5, 0.6) is 11.8 Å². The van der Waals surface area contributed by atoms with Gasteiger partial charge in [0.1, 0.15) is 0 Å². The van der Waals surface area contributed by atoms with Crippen molar-refractivity contribution in [1.82, 2.24) is 20.5 Å². The van der Waals surface area contributed by atoms with Crippen LogP contribution >= 0.6 is 15.9 Å². The molecule has 102 valence electrons. The smallest absolute Gasteiger partial charge is 0.240 e. The normalized spacial score (nSPS) is 10.7. The maximum atomic E-state index is 5.70. The van der Waals surface area contributed by atoms with Gasteiger partial charge in [-0.15, -0.1) is 5.10 Å². The summed E-state index contributed by atoms with van der Waals surface area (Å²) < 4.78 is 6.64. The number of ether oxygens (including phenoxy) is 1. The number of nitrogens with one attached hydrogen (secondary N) is 2. The van der Waals surface area contributed by atoms with Gasteiger partial charge in [-0.1, -0.05) is 6.92 Å². The molecule has 2 heterocycles. The van der Waals surface area contributed by atoms with Gasteiger partial charge >= 0.3 is 0 Å². The maximum absolute atomic E-state index is 5.70. The zero-order valence-corrected chi connectivity index (χ0v) is 12.6. The highest BCUT2D eigenvalue weighted by atomic mass is 79.9.